The third kappa shape index (κ3) is 10.7. The SMILES string of the molecule is CC(=O)c1ccc(OC/C(=C/F)CN)cc1.CC(C)(C)C. The molecule has 0 aromatic heterocycles. The van der Waals surface area contributed by atoms with Gasteiger partial charge in [0, 0.05) is 17.7 Å². The van der Waals surface area contributed by atoms with Gasteiger partial charge >= 0.3 is 0 Å². The highest BCUT2D eigenvalue weighted by Gasteiger charge is 2.01. The lowest BCUT2D eigenvalue weighted by atomic mass is 10.0. The van der Waals surface area contributed by atoms with Crippen molar-refractivity contribution in [2.75, 3.05) is 13.2 Å². The normalized spacial score (nSPS) is 11.5. The van der Waals surface area contributed by atoms with E-state index in [1.807, 2.05) is 0 Å². The molecule has 0 aliphatic heterocycles. The van der Waals surface area contributed by atoms with Gasteiger partial charge in [-0.05, 0) is 36.6 Å². The van der Waals surface area contributed by atoms with Crippen LogP contribution >= 0.6 is 0 Å². The minimum atomic E-state index is -0.00199. The summed E-state index contributed by atoms with van der Waals surface area (Å²) in [5.74, 6) is 0.579. The maximum Gasteiger partial charge on any atom is 0.159 e. The van der Waals surface area contributed by atoms with Gasteiger partial charge in [0.25, 0.3) is 0 Å². The molecule has 0 radical (unpaired) electrons. The second-order valence-corrected chi connectivity index (χ2v) is 6.34. The third-order valence-corrected chi connectivity index (χ3v) is 2.10. The zero-order valence-electron chi connectivity index (χ0n) is 13.6. The average Bonchev–Trinajstić information content (AvgIpc) is 2.38. The number of hydrogen-bond donors (Lipinski definition) is 1. The molecule has 0 saturated carbocycles. The van der Waals surface area contributed by atoms with Crippen LogP contribution in [0, 0.1) is 5.41 Å². The number of ether oxygens (including phenoxy) is 1. The zero-order chi connectivity index (χ0) is 16.5. The zero-order valence-corrected chi connectivity index (χ0v) is 13.6. The molecule has 0 bridgehead atoms. The van der Waals surface area contributed by atoms with Crippen LogP contribution in [0.3, 0.4) is 0 Å². The van der Waals surface area contributed by atoms with Crippen molar-refractivity contribution in [3.8, 4) is 5.75 Å². The molecule has 118 valence electrons. The Labute approximate surface area is 127 Å². The number of rotatable bonds is 5. The van der Waals surface area contributed by atoms with E-state index < -0.39 is 0 Å². The Kier molecular flexibility index (Phi) is 8.55. The summed E-state index contributed by atoms with van der Waals surface area (Å²) >= 11 is 0. The van der Waals surface area contributed by atoms with E-state index in [-0.39, 0.29) is 18.9 Å². The number of halogens is 1. The third-order valence-electron chi connectivity index (χ3n) is 2.10. The number of ketones is 1. The molecule has 0 aliphatic rings. The summed E-state index contributed by atoms with van der Waals surface area (Å²) in [5, 5.41) is 0. The van der Waals surface area contributed by atoms with Gasteiger partial charge in [0.2, 0.25) is 0 Å². The van der Waals surface area contributed by atoms with E-state index in [0.29, 0.717) is 28.6 Å². The first-order valence-electron chi connectivity index (χ1n) is 6.89. The van der Waals surface area contributed by atoms with Crippen LogP contribution in [0.2, 0.25) is 0 Å². The summed E-state index contributed by atoms with van der Waals surface area (Å²) in [5.41, 5.74) is 6.78. The van der Waals surface area contributed by atoms with Crippen LogP contribution in [0.15, 0.2) is 36.2 Å². The molecule has 0 atom stereocenters. The molecule has 0 spiro atoms. The Morgan fingerprint density at radius 2 is 1.71 bits per heavy atom. The fourth-order valence-corrected chi connectivity index (χ4v) is 1.10. The van der Waals surface area contributed by atoms with Crippen molar-refractivity contribution in [3.63, 3.8) is 0 Å². The molecule has 1 rings (SSSR count). The van der Waals surface area contributed by atoms with E-state index >= 15 is 0 Å². The van der Waals surface area contributed by atoms with Crippen molar-refractivity contribution in [1.82, 2.24) is 0 Å². The Bertz CT molecular complexity index is 453. The monoisotopic (exact) mass is 295 g/mol. The maximum absolute atomic E-state index is 12.2. The summed E-state index contributed by atoms with van der Waals surface area (Å²) in [6.07, 6.45) is 0.448. The summed E-state index contributed by atoms with van der Waals surface area (Å²) in [6.45, 7) is 10.5. The predicted octanol–water partition coefficient (Wildman–Crippen LogP) is 4.13. The smallest absolute Gasteiger partial charge is 0.159 e. The van der Waals surface area contributed by atoms with Crippen LogP contribution in [0.4, 0.5) is 4.39 Å². The maximum atomic E-state index is 12.2. The first-order valence-corrected chi connectivity index (χ1v) is 6.89. The molecule has 0 amide bonds. The highest BCUT2D eigenvalue weighted by molar-refractivity contribution is 5.94. The lowest BCUT2D eigenvalue weighted by Crippen LogP contribution is -2.10. The Morgan fingerprint density at radius 1 is 1.24 bits per heavy atom. The minimum Gasteiger partial charge on any atom is -0.489 e. The molecular formula is C17H26FNO2. The van der Waals surface area contributed by atoms with Gasteiger partial charge in [0.15, 0.2) is 5.78 Å². The Morgan fingerprint density at radius 3 is 2.05 bits per heavy atom. The van der Waals surface area contributed by atoms with Gasteiger partial charge in [-0.25, -0.2) is 4.39 Å². The van der Waals surface area contributed by atoms with Crippen LogP contribution in [0.1, 0.15) is 45.0 Å². The topological polar surface area (TPSA) is 52.3 Å². The largest absolute Gasteiger partial charge is 0.489 e. The van der Waals surface area contributed by atoms with Gasteiger partial charge in [0.1, 0.15) is 12.4 Å². The molecule has 0 unspecified atom stereocenters. The quantitative estimate of drug-likeness (QED) is 0.831. The second-order valence-electron chi connectivity index (χ2n) is 6.34. The number of carbonyl (C=O) groups excluding carboxylic acids is 1. The van der Waals surface area contributed by atoms with E-state index in [1.165, 1.54) is 6.92 Å². The van der Waals surface area contributed by atoms with Crippen molar-refractivity contribution in [2.45, 2.75) is 34.6 Å². The lowest BCUT2D eigenvalue weighted by molar-refractivity contribution is 0.101. The Hall–Kier alpha value is -1.68. The molecule has 2 N–H and O–H groups in total. The van der Waals surface area contributed by atoms with Crippen molar-refractivity contribution in [3.05, 3.63) is 41.7 Å². The first-order chi connectivity index (χ1) is 9.67. The van der Waals surface area contributed by atoms with E-state index in [4.69, 9.17) is 10.5 Å². The van der Waals surface area contributed by atoms with Crippen molar-refractivity contribution >= 4 is 5.78 Å². The number of nitrogens with two attached hydrogens (primary N) is 1. The first kappa shape index (κ1) is 19.3. The van der Waals surface area contributed by atoms with Crippen LogP contribution in [0.25, 0.3) is 0 Å². The lowest BCUT2D eigenvalue weighted by Gasteiger charge is -2.07. The van der Waals surface area contributed by atoms with Gasteiger partial charge in [-0.2, -0.15) is 0 Å². The van der Waals surface area contributed by atoms with Crippen LogP contribution in [-0.4, -0.2) is 18.9 Å². The fourth-order valence-electron chi connectivity index (χ4n) is 1.10. The standard InChI is InChI=1S/C12H14FNO2.C5H12/c1-9(15)11-2-4-12(5-3-11)16-8-10(6-13)7-14;1-5(2,3)4/h2-6H,7-8,14H2,1H3;1-4H3/b10-6+;. The minimum absolute atomic E-state index is 0.00199. The highest BCUT2D eigenvalue weighted by Crippen LogP contribution is 2.13. The molecule has 3 nitrogen and oxygen atoms in total. The predicted molar refractivity (Wildman–Crippen MR) is 85.3 cm³/mol. The molecule has 4 heteroatoms. The van der Waals surface area contributed by atoms with Gasteiger partial charge in [-0.15, -0.1) is 0 Å². The number of Topliss-reactive ketones (excluding diaryl/α,β-unsaturated/α-hetero) is 1. The molecule has 0 aliphatic carbocycles. The van der Waals surface area contributed by atoms with Gasteiger partial charge < -0.3 is 10.5 Å². The number of benzene rings is 1. The van der Waals surface area contributed by atoms with Crippen LogP contribution in [-0.2, 0) is 0 Å². The van der Waals surface area contributed by atoms with Gasteiger partial charge in [0.05, 0.1) is 6.33 Å². The van der Waals surface area contributed by atoms with Crippen molar-refractivity contribution in [2.24, 2.45) is 11.1 Å². The van der Waals surface area contributed by atoms with Gasteiger partial charge in [-0.1, -0.05) is 27.7 Å². The molecule has 0 heterocycles. The molecular weight excluding hydrogens is 269 g/mol. The fraction of sp³-hybridized carbons (Fsp3) is 0.471. The number of carbonyl (C=O) groups is 1. The Balaban J connectivity index is 0.000000690. The molecule has 21 heavy (non-hydrogen) atoms. The van der Waals surface area contributed by atoms with Crippen molar-refractivity contribution in [1.29, 1.82) is 0 Å². The second kappa shape index (κ2) is 9.29. The summed E-state index contributed by atoms with van der Waals surface area (Å²) in [7, 11) is 0. The van der Waals surface area contributed by atoms with E-state index in [9.17, 15) is 9.18 Å². The van der Waals surface area contributed by atoms with E-state index in [2.05, 4.69) is 27.7 Å². The molecule has 0 saturated heterocycles. The molecule has 1 aromatic carbocycles. The van der Waals surface area contributed by atoms with Crippen molar-refractivity contribution < 1.29 is 13.9 Å². The van der Waals surface area contributed by atoms with Gasteiger partial charge in [-0.3, -0.25) is 4.79 Å². The van der Waals surface area contributed by atoms with Crippen LogP contribution in [0.5, 0.6) is 5.75 Å². The van der Waals surface area contributed by atoms with E-state index in [1.54, 1.807) is 24.3 Å². The summed E-state index contributed by atoms with van der Waals surface area (Å²) in [4.78, 5) is 11.0. The average molecular weight is 295 g/mol. The summed E-state index contributed by atoms with van der Waals surface area (Å²) in [6, 6.07) is 6.67. The molecule has 1 aromatic rings. The van der Waals surface area contributed by atoms with Crippen LogP contribution < -0.4 is 10.5 Å². The summed E-state index contributed by atoms with van der Waals surface area (Å²) < 4.78 is 17.4. The highest BCUT2D eigenvalue weighted by atomic mass is 19.1. The molecule has 0 fully saturated rings. The van der Waals surface area contributed by atoms with E-state index in [0.717, 1.165) is 0 Å². The number of hydrogen-bond acceptors (Lipinski definition) is 3.